The third-order valence-electron chi connectivity index (χ3n) is 6.73. The molecule has 2 aromatic carbocycles. The monoisotopic (exact) mass is 518 g/mol. The molecular formula is C30H34N2O4S. The lowest BCUT2D eigenvalue weighted by Gasteiger charge is -2.16. The Morgan fingerprint density at radius 1 is 0.973 bits per heavy atom. The molecule has 0 saturated heterocycles. The molecule has 0 aliphatic heterocycles. The molecule has 0 atom stereocenters. The number of nitrogens with one attached hydrogen (secondary N) is 1. The number of nitrogens with zero attached hydrogens (tertiary/aromatic N) is 1. The number of rotatable bonds is 9. The Balaban J connectivity index is 1.33. The summed E-state index contributed by atoms with van der Waals surface area (Å²) in [4.78, 5) is 23.0. The number of aromatic amines is 1. The Bertz CT molecular complexity index is 1470. The average molecular weight is 519 g/mol. The van der Waals surface area contributed by atoms with E-state index in [1.54, 1.807) is 11.3 Å². The SMILES string of the molecule is CCOc1cc(-c2nc3sc4c(c3c(=O)[nH]2)CCCC4)ccc1OCCOc1cc(C)ccc1C(C)C. The Morgan fingerprint density at radius 3 is 2.54 bits per heavy atom. The van der Waals surface area contributed by atoms with Gasteiger partial charge in [0.15, 0.2) is 11.5 Å². The first-order valence-corrected chi connectivity index (χ1v) is 13.9. The minimum absolute atomic E-state index is 0.0632. The number of ether oxygens (including phenoxy) is 3. The molecule has 0 fully saturated rings. The van der Waals surface area contributed by atoms with E-state index in [1.807, 2.05) is 25.1 Å². The zero-order chi connectivity index (χ0) is 25.9. The van der Waals surface area contributed by atoms with E-state index in [-0.39, 0.29) is 5.56 Å². The van der Waals surface area contributed by atoms with Crippen LogP contribution in [0.3, 0.4) is 0 Å². The van der Waals surface area contributed by atoms with Gasteiger partial charge in [0.1, 0.15) is 29.6 Å². The summed E-state index contributed by atoms with van der Waals surface area (Å²) in [6.45, 7) is 9.63. The maximum Gasteiger partial charge on any atom is 0.260 e. The van der Waals surface area contributed by atoms with Gasteiger partial charge in [0, 0.05) is 10.4 Å². The Morgan fingerprint density at radius 2 is 1.76 bits per heavy atom. The molecular weight excluding hydrogens is 484 g/mol. The minimum Gasteiger partial charge on any atom is -0.490 e. The first-order chi connectivity index (χ1) is 17.9. The molecule has 2 heterocycles. The summed E-state index contributed by atoms with van der Waals surface area (Å²) in [6.07, 6.45) is 4.32. The summed E-state index contributed by atoms with van der Waals surface area (Å²) in [6, 6.07) is 12.0. The topological polar surface area (TPSA) is 73.4 Å². The Kier molecular flexibility index (Phi) is 7.51. The zero-order valence-corrected chi connectivity index (χ0v) is 22.8. The summed E-state index contributed by atoms with van der Waals surface area (Å²) in [5, 5.41) is 0.766. The van der Waals surface area contributed by atoms with Gasteiger partial charge in [-0.05, 0) is 86.4 Å². The number of fused-ring (bicyclic) bond motifs is 3. The van der Waals surface area contributed by atoms with Gasteiger partial charge in [0.05, 0.1) is 12.0 Å². The molecule has 0 bridgehead atoms. The van der Waals surface area contributed by atoms with Gasteiger partial charge in [-0.15, -0.1) is 11.3 Å². The number of hydrogen-bond acceptors (Lipinski definition) is 6. The van der Waals surface area contributed by atoms with Gasteiger partial charge in [0.2, 0.25) is 0 Å². The van der Waals surface area contributed by atoms with Crippen molar-refractivity contribution in [3.05, 3.63) is 68.3 Å². The molecule has 0 saturated carbocycles. The number of hydrogen-bond donors (Lipinski definition) is 1. The van der Waals surface area contributed by atoms with Crippen LogP contribution in [0, 0.1) is 6.92 Å². The van der Waals surface area contributed by atoms with Gasteiger partial charge in [-0.25, -0.2) is 4.98 Å². The maximum absolute atomic E-state index is 13.0. The van der Waals surface area contributed by atoms with Gasteiger partial charge in [-0.2, -0.15) is 0 Å². The molecule has 1 N–H and O–H groups in total. The van der Waals surface area contributed by atoms with Crippen LogP contribution in [0.1, 0.15) is 61.1 Å². The van der Waals surface area contributed by atoms with Crippen molar-refractivity contribution in [2.75, 3.05) is 19.8 Å². The second-order valence-electron chi connectivity index (χ2n) is 9.79. The van der Waals surface area contributed by atoms with Crippen molar-refractivity contribution in [1.29, 1.82) is 0 Å². The lowest BCUT2D eigenvalue weighted by Crippen LogP contribution is -2.12. The quantitative estimate of drug-likeness (QED) is 0.246. The largest absolute Gasteiger partial charge is 0.490 e. The van der Waals surface area contributed by atoms with Crippen molar-refractivity contribution in [1.82, 2.24) is 9.97 Å². The fraction of sp³-hybridized carbons (Fsp3) is 0.400. The van der Waals surface area contributed by atoms with Crippen LogP contribution in [-0.2, 0) is 12.8 Å². The van der Waals surface area contributed by atoms with E-state index in [0.29, 0.717) is 43.1 Å². The van der Waals surface area contributed by atoms with E-state index in [0.717, 1.165) is 40.8 Å². The molecule has 194 valence electrons. The van der Waals surface area contributed by atoms with Gasteiger partial charge in [0.25, 0.3) is 5.56 Å². The highest BCUT2D eigenvalue weighted by Crippen LogP contribution is 2.36. The van der Waals surface area contributed by atoms with E-state index in [4.69, 9.17) is 19.2 Å². The van der Waals surface area contributed by atoms with E-state index >= 15 is 0 Å². The molecule has 0 radical (unpaired) electrons. The number of thiophene rings is 1. The molecule has 4 aromatic rings. The highest BCUT2D eigenvalue weighted by Gasteiger charge is 2.20. The predicted molar refractivity (Wildman–Crippen MR) is 150 cm³/mol. The van der Waals surface area contributed by atoms with Crippen LogP contribution >= 0.6 is 11.3 Å². The van der Waals surface area contributed by atoms with Crippen LogP contribution in [0.2, 0.25) is 0 Å². The van der Waals surface area contributed by atoms with Gasteiger partial charge < -0.3 is 19.2 Å². The molecule has 1 aliphatic carbocycles. The molecule has 7 heteroatoms. The van der Waals surface area contributed by atoms with Crippen LogP contribution < -0.4 is 19.8 Å². The molecule has 6 nitrogen and oxygen atoms in total. The second-order valence-corrected chi connectivity index (χ2v) is 10.9. The Hall–Kier alpha value is -3.32. The van der Waals surface area contributed by atoms with E-state index in [1.165, 1.54) is 28.0 Å². The summed E-state index contributed by atoms with van der Waals surface area (Å²) in [5.41, 5.74) is 4.28. The number of aromatic nitrogens is 2. The summed E-state index contributed by atoms with van der Waals surface area (Å²) in [7, 11) is 0. The third kappa shape index (κ3) is 5.37. The third-order valence-corrected chi connectivity index (χ3v) is 7.92. The first kappa shape index (κ1) is 25.3. The first-order valence-electron chi connectivity index (χ1n) is 13.1. The van der Waals surface area contributed by atoms with Crippen LogP contribution in [0.15, 0.2) is 41.2 Å². The van der Waals surface area contributed by atoms with Gasteiger partial charge in [-0.3, -0.25) is 4.79 Å². The van der Waals surface area contributed by atoms with Crippen LogP contribution in [0.5, 0.6) is 17.2 Å². The molecule has 0 amide bonds. The highest BCUT2D eigenvalue weighted by atomic mass is 32.1. The molecule has 37 heavy (non-hydrogen) atoms. The van der Waals surface area contributed by atoms with Crippen molar-refractivity contribution >= 4 is 21.6 Å². The highest BCUT2D eigenvalue weighted by molar-refractivity contribution is 7.18. The maximum atomic E-state index is 13.0. The van der Waals surface area contributed by atoms with Crippen LogP contribution in [-0.4, -0.2) is 29.8 Å². The predicted octanol–water partition coefficient (Wildman–Crippen LogP) is 6.82. The summed E-state index contributed by atoms with van der Waals surface area (Å²) in [5.74, 6) is 3.09. The zero-order valence-electron chi connectivity index (χ0n) is 22.0. The van der Waals surface area contributed by atoms with Crippen molar-refractivity contribution in [2.45, 2.75) is 59.3 Å². The van der Waals surface area contributed by atoms with Crippen molar-refractivity contribution in [2.24, 2.45) is 0 Å². The average Bonchev–Trinajstić information content (AvgIpc) is 3.26. The smallest absolute Gasteiger partial charge is 0.260 e. The minimum atomic E-state index is -0.0632. The molecule has 1 aliphatic rings. The summed E-state index contributed by atoms with van der Waals surface area (Å²) < 4.78 is 18.0. The van der Waals surface area contributed by atoms with E-state index in [2.05, 4.69) is 44.0 Å². The van der Waals surface area contributed by atoms with Gasteiger partial charge in [-0.1, -0.05) is 26.0 Å². The van der Waals surface area contributed by atoms with E-state index < -0.39 is 0 Å². The molecule has 0 spiro atoms. The van der Waals surface area contributed by atoms with Crippen molar-refractivity contribution < 1.29 is 14.2 Å². The number of H-pyrrole nitrogens is 1. The fourth-order valence-electron chi connectivity index (χ4n) is 4.89. The standard InChI is InChI=1S/C30H34N2O4S/c1-5-34-25-17-20(28-31-29(33)27-22-8-6-7-9-26(22)37-30(27)32-28)11-13-23(25)35-14-15-36-24-16-19(4)10-12-21(24)18(2)3/h10-13,16-18H,5-9,14-15H2,1-4H3,(H,31,32,33). The van der Waals surface area contributed by atoms with Crippen molar-refractivity contribution in [3.8, 4) is 28.6 Å². The summed E-state index contributed by atoms with van der Waals surface area (Å²) >= 11 is 1.65. The van der Waals surface area contributed by atoms with Crippen molar-refractivity contribution in [3.63, 3.8) is 0 Å². The normalized spacial score (nSPS) is 13.1. The lowest BCUT2D eigenvalue weighted by molar-refractivity contribution is 0.207. The number of benzene rings is 2. The fourth-order valence-corrected chi connectivity index (χ4v) is 6.15. The molecule has 2 aromatic heterocycles. The Labute approximate surface area is 221 Å². The number of aryl methyl sites for hydroxylation is 3. The second kappa shape index (κ2) is 11.0. The van der Waals surface area contributed by atoms with Crippen LogP contribution in [0.4, 0.5) is 0 Å². The molecule has 5 rings (SSSR count). The van der Waals surface area contributed by atoms with E-state index in [9.17, 15) is 4.79 Å². The van der Waals surface area contributed by atoms with Crippen LogP contribution in [0.25, 0.3) is 21.6 Å². The van der Waals surface area contributed by atoms with Gasteiger partial charge >= 0.3 is 0 Å². The molecule has 0 unspecified atom stereocenters. The lowest BCUT2D eigenvalue weighted by atomic mass is 9.97.